The topological polar surface area (TPSA) is 75.6 Å². The van der Waals surface area contributed by atoms with Crippen molar-refractivity contribution in [3.8, 4) is 0 Å². The molecule has 1 fully saturated rings. The predicted octanol–water partition coefficient (Wildman–Crippen LogP) is 0.835. The number of carbonyl (C=O) groups excluding carboxylic acids is 1. The van der Waals surface area contributed by atoms with Crippen molar-refractivity contribution in [3.05, 3.63) is 0 Å². The van der Waals surface area contributed by atoms with E-state index in [1.54, 1.807) is 0 Å². The van der Waals surface area contributed by atoms with Crippen LogP contribution in [0.3, 0.4) is 0 Å². The molecule has 0 aliphatic carbocycles. The van der Waals surface area contributed by atoms with Crippen LogP contribution in [-0.2, 0) is 14.3 Å². The molecule has 6 heteroatoms. The number of nitrogens with one attached hydrogen (secondary N) is 1. The molecule has 2 atom stereocenters. The van der Waals surface area contributed by atoms with Crippen LogP contribution in [0, 0.1) is 0 Å². The highest BCUT2D eigenvalue weighted by Crippen LogP contribution is 2.36. The fourth-order valence-corrected chi connectivity index (χ4v) is 3.07. The van der Waals surface area contributed by atoms with Gasteiger partial charge in [0, 0.05) is 5.75 Å². The first kappa shape index (κ1) is 13.3. The second-order valence-corrected chi connectivity index (χ2v) is 5.09. The van der Waals surface area contributed by atoms with E-state index in [4.69, 9.17) is 9.84 Å². The summed E-state index contributed by atoms with van der Waals surface area (Å²) < 4.78 is 4.75. The van der Waals surface area contributed by atoms with Crippen LogP contribution in [0.5, 0.6) is 0 Å². The van der Waals surface area contributed by atoms with Gasteiger partial charge in [-0.15, -0.1) is 11.8 Å². The van der Waals surface area contributed by atoms with Gasteiger partial charge >= 0.3 is 11.9 Å². The van der Waals surface area contributed by atoms with Crippen LogP contribution < -0.4 is 5.32 Å². The molecule has 92 valence electrons. The normalized spacial score (nSPS) is 29.0. The molecule has 0 bridgehead atoms. The number of methoxy groups -OCH3 is 1. The zero-order valence-corrected chi connectivity index (χ0v) is 10.3. The summed E-state index contributed by atoms with van der Waals surface area (Å²) >= 11 is 1.33. The number of carboxylic acids is 1. The SMILES string of the molecule is CCCCC1(C(=O)OC)N[C@H](C(=O)O)CS1. The number of hydrogen-bond donors (Lipinski definition) is 2. The smallest absolute Gasteiger partial charge is 0.336 e. The first-order chi connectivity index (χ1) is 7.55. The molecule has 1 heterocycles. The molecule has 5 nitrogen and oxygen atoms in total. The van der Waals surface area contributed by atoms with Crippen LogP contribution in [0.1, 0.15) is 26.2 Å². The molecule has 0 saturated carbocycles. The van der Waals surface area contributed by atoms with Crippen molar-refractivity contribution in [1.29, 1.82) is 0 Å². The van der Waals surface area contributed by atoms with Crippen molar-refractivity contribution in [2.45, 2.75) is 37.1 Å². The lowest BCUT2D eigenvalue weighted by Gasteiger charge is -2.25. The van der Waals surface area contributed by atoms with Gasteiger partial charge in [0.2, 0.25) is 0 Å². The summed E-state index contributed by atoms with van der Waals surface area (Å²) in [6.07, 6.45) is 2.42. The van der Waals surface area contributed by atoms with Gasteiger partial charge in [-0.2, -0.15) is 0 Å². The predicted molar refractivity (Wildman–Crippen MR) is 61.3 cm³/mol. The summed E-state index contributed by atoms with van der Waals surface area (Å²) in [5.74, 6) is -0.904. The highest BCUT2D eigenvalue weighted by atomic mass is 32.2. The Bertz CT molecular complexity index is 284. The number of carbonyl (C=O) groups is 2. The fraction of sp³-hybridized carbons (Fsp3) is 0.800. The summed E-state index contributed by atoms with van der Waals surface area (Å²) in [6, 6.07) is -0.666. The van der Waals surface area contributed by atoms with E-state index in [-0.39, 0.29) is 5.97 Å². The molecule has 0 radical (unpaired) electrons. The summed E-state index contributed by atoms with van der Waals surface area (Å²) in [4.78, 5) is 21.7. The lowest BCUT2D eigenvalue weighted by Crippen LogP contribution is -2.50. The second-order valence-electron chi connectivity index (χ2n) is 3.77. The van der Waals surface area contributed by atoms with Crippen molar-refractivity contribution in [2.24, 2.45) is 0 Å². The van der Waals surface area contributed by atoms with Crippen LogP contribution in [0.4, 0.5) is 0 Å². The Hall–Kier alpha value is -0.750. The number of esters is 1. The quantitative estimate of drug-likeness (QED) is 0.701. The molecule has 1 unspecified atom stereocenters. The Balaban J connectivity index is 2.74. The molecule has 2 N–H and O–H groups in total. The fourth-order valence-electron chi connectivity index (χ4n) is 1.68. The van der Waals surface area contributed by atoms with Gasteiger partial charge in [-0.05, 0) is 6.42 Å². The van der Waals surface area contributed by atoms with E-state index in [9.17, 15) is 9.59 Å². The Morgan fingerprint density at radius 1 is 1.62 bits per heavy atom. The highest BCUT2D eigenvalue weighted by molar-refractivity contribution is 8.01. The Morgan fingerprint density at radius 2 is 2.31 bits per heavy atom. The van der Waals surface area contributed by atoms with Crippen LogP contribution in [0.2, 0.25) is 0 Å². The van der Waals surface area contributed by atoms with Crippen LogP contribution in [0.15, 0.2) is 0 Å². The maximum atomic E-state index is 11.7. The summed E-state index contributed by atoms with van der Waals surface area (Å²) in [5, 5.41) is 11.8. The Morgan fingerprint density at radius 3 is 2.75 bits per heavy atom. The average Bonchev–Trinajstić information content (AvgIpc) is 2.71. The van der Waals surface area contributed by atoms with Gasteiger partial charge in [-0.1, -0.05) is 19.8 Å². The van der Waals surface area contributed by atoms with Crippen LogP contribution >= 0.6 is 11.8 Å². The number of ether oxygens (including phenoxy) is 1. The zero-order valence-electron chi connectivity index (χ0n) is 9.49. The van der Waals surface area contributed by atoms with E-state index in [1.807, 2.05) is 6.92 Å². The molecule has 0 aromatic carbocycles. The lowest BCUT2D eigenvalue weighted by molar-refractivity contribution is -0.145. The maximum Gasteiger partial charge on any atom is 0.336 e. The molecule has 0 aromatic heterocycles. The minimum absolute atomic E-state index is 0.380. The molecule has 1 rings (SSSR count). The number of hydrogen-bond acceptors (Lipinski definition) is 5. The van der Waals surface area contributed by atoms with Gasteiger partial charge in [-0.3, -0.25) is 10.1 Å². The van der Waals surface area contributed by atoms with Gasteiger partial charge in [-0.25, -0.2) is 4.79 Å². The van der Waals surface area contributed by atoms with E-state index >= 15 is 0 Å². The second kappa shape index (κ2) is 5.54. The lowest BCUT2D eigenvalue weighted by atomic mass is 10.1. The average molecular weight is 247 g/mol. The van der Waals surface area contributed by atoms with Crippen molar-refractivity contribution < 1.29 is 19.4 Å². The molecule has 1 saturated heterocycles. The summed E-state index contributed by atoms with van der Waals surface area (Å²) in [6.45, 7) is 2.03. The third-order valence-electron chi connectivity index (χ3n) is 2.60. The van der Waals surface area contributed by atoms with Gasteiger partial charge in [0.15, 0.2) is 4.87 Å². The van der Waals surface area contributed by atoms with Crippen LogP contribution in [-0.4, -0.2) is 40.8 Å². The minimum Gasteiger partial charge on any atom is -0.480 e. The summed E-state index contributed by atoms with van der Waals surface area (Å²) in [5.41, 5.74) is 0. The molecule has 16 heavy (non-hydrogen) atoms. The maximum absolute atomic E-state index is 11.7. The first-order valence-electron chi connectivity index (χ1n) is 5.28. The molecule has 0 spiro atoms. The number of unbranched alkanes of at least 4 members (excludes halogenated alkanes) is 1. The molecular formula is C10H17NO4S. The molecule has 1 aliphatic rings. The van der Waals surface area contributed by atoms with Gasteiger partial charge in [0.25, 0.3) is 0 Å². The third kappa shape index (κ3) is 2.68. The largest absolute Gasteiger partial charge is 0.480 e. The van der Waals surface area contributed by atoms with Gasteiger partial charge < -0.3 is 9.84 Å². The molecular weight excluding hydrogens is 230 g/mol. The van der Waals surface area contributed by atoms with E-state index in [0.717, 1.165) is 12.8 Å². The number of carboxylic acid groups (broad SMARTS) is 1. The first-order valence-corrected chi connectivity index (χ1v) is 6.27. The molecule has 0 aromatic rings. The van der Waals surface area contributed by atoms with Crippen LogP contribution in [0.25, 0.3) is 0 Å². The highest BCUT2D eigenvalue weighted by Gasteiger charge is 2.48. The molecule has 1 aliphatic heterocycles. The third-order valence-corrected chi connectivity index (χ3v) is 4.08. The number of aliphatic carboxylic acids is 1. The zero-order chi connectivity index (χ0) is 12.2. The monoisotopic (exact) mass is 247 g/mol. The van der Waals surface area contributed by atoms with Crippen molar-refractivity contribution in [3.63, 3.8) is 0 Å². The Kier molecular flexibility index (Phi) is 4.61. The number of thioether (sulfide) groups is 1. The van der Waals surface area contributed by atoms with E-state index in [2.05, 4.69) is 5.32 Å². The van der Waals surface area contributed by atoms with E-state index in [1.165, 1.54) is 18.9 Å². The number of rotatable bonds is 5. The van der Waals surface area contributed by atoms with Crippen molar-refractivity contribution in [2.75, 3.05) is 12.9 Å². The van der Waals surface area contributed by atoms with Gasteiger partial charge in [0.05, 0.1) is 7.11 Å². The van der Waals surface area contributed by atoms with E-state index < -0.39 is 16.9 Å². The standard InChI is InChI=1S/C10H17NO4S/c1-3-4-5-10(9(14)15-2)11-7(6-16-10)8(12)13/h7,11H,3-6H2,1-2H3,(H,12,13)/t7-,10?/m0/s1. The van der Waals surface area contributed by atoms with Crippen molar-refractivity contribution in [1.82, 2.24) is 5.32 Å². The van der Waals surface area contributed by atoms with Gasteiger partial charge in [0.1, 0.15) is 6.04 Å². The van der Waals surface area contributed by atoms with E-state index in [0.29, 0.717) is 12.2 Å². The minimum atomic E-state index is -0.922. The Labute approximate surface area is 98.9 Å². The van der Waals surface area contributed by atoms with Crippen molar-refractivity contribution >= 4 is 23.7 Å². The summed E-state index contributed by atoms with van der Waals surface area (Å²) in [7, 11) is 1.33. The molecule has 0 amide bonds.